The van der Waals surface area contributed by atoms with Gasteiger partial charge in [0, 0.05) is 7.11 Å². The van der Waals surface area contributed by atoms with Crippen LogP contribution in [-0.2, 0) is 28.4 Å². The summed E-state index contributed by atoms with van der Waals surface area (Å²) in [5.41, 5.74) is 0. The van der Waals surface area contributed by atoms with Crippen molar-refractivity contribution in [3.63, 3.8) is 0 Å². The van der Waals surface area contributed by atoms with E-state index < -0.39 is 112 Å². The third kappa shape index (κ3) is 5.93. The minimum absolute atomic E-state index is 0.583. The highest BCUT2D eigenvalue weighted by Gasteiger charge is 2.51. The maximum absolute atomic E-state index is 10.7. The number of rotatable bonds is 8. The van der Waals surface area contributed by atoms with Gasteiger partial charge in [0.25, 0.3) is 0 Å². The summed E-state index contributed by atoms with van der Waals surface area (Å²) in [4.78, 5) is 0. The van der Waals surface area contributed by atoms with Crippen LogP contribution in [0.3, 0.4) is 0 Å². The van der Waals surface area contributed by atoms with E-state index in [1.54, 1.807) is 0 Å². The van der Waals surface area contributed by atoms with E-state index in [-0.39, 0.29) is 0 Å². The maximum atomic E-state index is 10.7. The molecule has 0 aromatic rings. The molecule has 0 spiro atoms. The van der Waals surface area contributed by atoms with Crippen LogP contribution in [-0.4, -0.2) is 170 Å². The Balaban J connectivity index is 1.67. The fraction of sp³-hybridized carbons (Fsp3) is 1.00. The lowest BCUT2D eigenvalue weighted by Crippen LogP contribution is -2.65. The van der Waals surface area contributed by atoms with E-state index >= 15 is 0 Å². The summed E-state index contributed by atoms with van der Waals surface area (Å²) in [6.07, 6.45) is -23.4. The highest BCUT2D eigenvalue weighted by Crippen LogP contribution is 2.30. The van der Waals surface area contributed by atoms with Gasteiger partial charge in [-0.15, -0.1) is 0 Å². The molecule has 10 N–H and O–H groups in total. The lowest BCUT2D eigenvalue weighted by molar-refractivity contribution is -0.362. The number of hydrogen-bond acceptors (Lipinski definition) is 16. The predicted molar refractivity (Wildman–Crippen MR) is 106 cm³/mol. The van der Waals surface area contributed by atoms with E-state index in [2.05, 4.69) is 0 Å². The van der Waals surface area contributed by atoms with Gasteiger partial charge in [0.2, 0.25) is 0 Å². The molecule has 0 bridgehead atoms. The fourth-order valence-corrected chi connectivity index (χ4v) is 4.21. The maximum Gasteiger partial charge on any atom is 0.187 e. The zero-order valence-electron chi connectivity index (χ0n) is 18.7. The molecule has 3 saturated heterocycles. The van der Waals surface area contributed by atoms with Gasteiger partial charge in [0.1, 0.15) is 73.2 Å². The Morgan fingerprint density at radius 1 is 0.571 bits per heavy atom. The van der Waals surface area contributed by atoms with Crippen LogP contribution in [0.25, 0.3) is 0 Å². The number of methoxy groups -OCH3 is 1. The molecule has 16 nitrogen and oxygen atoms in total. The molecule has 0 saturated carbocycles. The van der Waals surface area contributed by atoms with Crippen molar-refractivity contribution in [3.05, 3.63) is 0 Å². The van der Waals surface area contributed by atoms with Gasteiger partial charge in [0.05, 0.1) is 19.8 Å². The molecule has 3 fully saturated rings. The molecule has 3 aliphatic heterocycles. The average Bonchev–Trinajstić information content (AvgIpc) is 2.84. The normalized spacial score (nSPS) is 51.3. The van der Waals surface area contributed by atoms with Gasteiger partial charge in [0.15, 0.2) is 18.9 Å². The third-order valence-corrected chi connectivity index (χ3v) is 6.32. The highest BCUT2D eigenvalue weighted by molar-refractivity contribution is 4.95. The summed E-state index contributed by atoms with van der Waals surface area (Å²) >= 11 is 0. The number of hydrogen-bond donors (Lipinski definition) is 10. The van der Waals surface area contributed by atoms with Crippen LogP contribution < -0.4 is 0 Å². The molecule has 3 rings (SSSR count). The van der Waals surface area contributed by atoms with Gasteiger partial charge in [-0.05, 0) is 0 Å². The summed E-state index contributed by atoms with van der Waals surface area (Å²) < 4.78 is 31.5. The first-order valence-corrected chi connectivity index (χ1v) is 11.0. The molecule has 0 aromatic carbocycles. The van der Waals surface area contributed by atoms with E-state index in [4.69, 9.17) is 28.4 Å². The molecule has 0 unspecified atom stereocenters. The molecule has 0 aliphatic carbocycles. The predicted octanol–water partition coefficient (Wildman–Crippen LogP) is -6.92. The van der Waals surface area contributed by atoms with Gasteiger partial charge in [-0.25, -0.2) is 0 Å². The largest absolute Gasteiger partial charge is 0.394 e. The molecule has 3 aliphatic rings. The highest BCUT2D eigenvalue weighted by atomic mass is 16.7. The Kier molecular flexibility index (Phi) is 10.1. The van der Waals surface area contributed by atoms with Crippen molar-refractivity contribution >= 4 is 0 Å². The Morgan fingerprint density at radius 3 is 1.74 bits per heavy atom. The minimum atomic E-state index is -1.90. The van der Waals surface area contributed by atoms with Crippen molar-refractivity contribution in [1.29, 1.82) is 0 Å². The van der Waals surface area contributed by atoms with Crippen LogP contribution in [0, 0.1) is 0 Å². The van der Waals surface area contributed by atoms with Crippen LogP contribution in [0.4, 0.5) is 0 Å². The average molecular weight is 518 g/mol. The first kappa shape index (κ1) is 28.9. The zero-order chi connectivity index (χ0) is 26.0. The van der Waals surface area contributed by atoms with Crippen LogP contribution in [0.1, 0.15) is 0 Å². The van der Waals surface area contributed by atoms with E-state index in [9.17, 15) is 51.1 Å². The third-order valence-electron chi connectivity index (χ3n) is 6.32. The van der Waals surface area contributed by atoms with E-state index in [0.717, 1.165) is 0 Å². The van der Waals surface area contributed by atoms with Gasteiger partial charge in [-0.2, -0.15) is 0 Å². The van der Waals surface area contributed by atoms with Crippen molar-refractivity contribution < 1.29 is 79.5 Å². The van der Waals surface area contributed by atoms with Gasteiger partial charge in [-0.1, -0.05) is 0 Å². The summed E-state index contributed by atoms with van der Waals surface area (Å²) in [6, 6.07) is 0. The standard InChI is InChI=1S/C19H34O16/c1-30-15-9(23)6(3-21)34-19(14(15)28)35-16-10(24)7(32-17(29)13(16)27)4-31-18-12(26)11(25)8(22)5(2-20)33-18/h5-29H,2-4H2,1H3/t5-,6-,7-,8-,9-,10-,11+,12+,13+,14+,15+,16+,17-,18+,19-/m1/s1. The van der Waals surface area contributed by atoms with Gasteiger partial charge in [-0.3, -0.25) is 0 Å². The van der Waals surface area contributed by atoms with Crippen molar-refractivity contribution in [2.75, 3.05) is 26.9 Å². The first-order chi connectivity index (χ1) is 16.5. The van der Waals surface area contributed by atoms with Crippen LogP contribution in [0.2, 0.25) is 0 Å². The zero-order valence-corrected chi connectivity index (χ0v) is 18.7. The Hall–Kier alpha value is -0.640. The molecular weight excluding hydrogens is 484 g/mol. The van der Waals surface area contributed by atoms with E-state index in [1.165, 1.54) is 7.11 Å². The molecule has 35 heavy (non-hydrogen) atoms. The first-order valence-electron chi connectivity index (χ1n) is 11.0. The second kappa shape index (κ2) is 12.3. The molecule has 0 amide bonds. The fourth-order valence-electron chi connectivity index (χ4n) is 4.21. The molecule has 0 aromatic heterocycles. The second-order valence-corrected chi connectivity index (χ2v) is 8.58. The van der Waals surface area contributed by atoms with Crippen LogP contribution in [0.15, 0.2) is 0 Å². The summed E-state index contributed by atoms with van der Waals surface area (Å²) in [5.74, 6) is 0. The monoisotopic (exact) mass is 518 g/mol. The summed E-state index contributed by atoms with van der Waals surface area (Å²) in [6.45, 7) is -1.94. The molecular formula is C19H34O16. The van der Waals surface area contributed by atoms with Crippen LogP contribution >= 0.6 is 0 Å². The summed E-state index contributed by atoms with van der Waals surface area (Å²) in [7, 11) is 1.20. The number of aliphatic hydroxyl groups is 10. The van der Waals surface area contributed by atoms with Crippen molar-refractivity contribution in [1.82, 2.24) is 0 Å². The van der Waals surface area contributed by atoms with E-state index in [0.29, 0.717) is 0 Å². The van der Waals surface area contributed by atoms with Crippen molar-refractivity contribution in [2.24, 2.45) is 0 Å². The Labute approximate surface area is 199 Å². The molecule has 206 valence electrons. The second-order valence-electron chi connectivity index (χ2n) is 8.58. The smallest absolute Gasteiger partial charge is 0.187 e. The quantitative estimate of drug-likeness (QED) is 0.143. The lowest BCUT2D eigenvalue weighted by Gasteiger charge is -2.46. The van der Waals surface area contributed by atoms with Crippen molar-refractivity contribution in [3.8, 4) is 0 Å². The minimum Gasteiger partial charge on any atom is -0.394 e. The molecule has 3 heterocycles. The molecule has 16 heteroatoms. The topological polar surface area (TPSA) is 258 Å². The Morgan fingerprint density at radius 2 is 1.14 bits per heavy atom. The molecule has 0 radical (unpaired) electrons. The number of aliphatic hydroxyl groups excluding tert-OH is 10. The number of ether oxygens (including phenoxy) is 6. The van der Waals surface area contributed by atoms with Crippen LogP contribution in [0.5, 0.6) is 0 Å². The van der Waals surface area contributed by atoms with Gasteiger partial charge < -0.3 is 79.5 Å². The Bertz CT molecular complexity index is 654. The molecule has 15 atom stereocenters. The summed E-state index contributed by atoms with van der Waals surface area (Å²) in [5, 5.41) is 100. The SMILES string of the molecule is CO[C@@H]1[C@H](O)[C@@H](O[C@@H]2[C@H](O)[C@H](O)O[C@H](CO[C@H]3O[C@H](CO)[C@@H](O)[C@H](O)[C@@H]3O)[C@H]2O)O[C@H](CO)[C@H]1O. The van der Waals surface area contributed by atoms with Crippen molar-refractivity contribution in [2.45, 2.75) is 92.1 Å². The van der Waals surface area contributed by atoms with E-state index in [1.807, 2.05) is 0 Å². The van der Waals surface area contributed by atoms with Gasteiger partial charge >= 0.3 is 0 Å². The lowest BCUT2D eigenvalue weighted by atomic mass is 9.96.